The number of nitrogens with zero attached hydrogens (tertiary/aromatic N) is 3. The van der Waals surface area contributed by atoms with Gasteiger partial charge < -0.3 is 20.9 Å². The van der Waals surface area contributed by atoms with Gasteiger partial charge in [-0.25, -0.2) is 0 Å². The van der Waals surface area contributed by atoms with E-state index in [9.17, 15) is 14.4 Å². The first-order valence-electron chi connectivity index (χ1n) is 12.0. The predicted molar refractivity (Wildman–Crippen MR) is 131 cm³/mol. The summed E-state index contributed by atoms with van der Waals surface area (Å²) in [6, 6.07) is 7.97. The Morgan fingerprint density at radius 3 is 2.53 bits per heavy atom. The molecule has 4 rings (SSSR count). The van der Waals surface area contributed by atoms with Crippen LogP contribution in [-0.2, 0) is 14.4 Å². The second kappa shape index (κ2) is 11.1. The van der Waals surface area contributed by atoms with Crippen molar-refractivity contribution in [3.63, 3.8) is 0 Å². The van der Waals surface area contributed by atoms with E-state index in [-0.39, 0.29) is 23.6 Å². The standard InChI is InChI=1S/C24H32N6O3S/c1-15(25-2)21(31)26-20(17-11-6-7-12-17)24(33)30-14-8-13-18(30)22(32)27-23-19(28-29-34-23)16-9-4-3-5-10-16/h3-5,9-10,15,17-18,20,25H,6-8,11-14H2,1-2H3,(H,26,31)(H,27,32)/t15-,18-,20-/m0/s1. The summed E-state index contributed by atoms with van der Waals surface area (Å²) in [4.78, 5) is 41.2. The molecule has 1 saturated carbocycles. The summed E-state index contributed by atoms with van der Waals surface area (Å²) < 4.78 is 4.01. The largest absolute Gasteiger partial charge is 0.343 e. The minimum Gasteiger partial charge on any atom is -0.343 e. The molecule has 3 atom stereocenters. The van der Waals surface area contributed by atoms with E-state index >= 15 is 0 Å². The number of likely N-dealkylation sites (N-methyl/N-ethyl adjacent to an activating group) is 1. The lowest BCUT2D eigenvalue weighted by atomic mass is 9.96. The lowest BCUT2D eigenvalue weighted by Crippen LogP contribution is -2.57. The maximum absolute atomic E-state index is 13.7. The minimum atomic E-state index is -0.607. The van der Waals surface area contributed by atoms with Crippen LogP contribution in [0.4, 0.5) is 5.00 Å². The molecule has 3 amide bonds. The number of aromatic nitrogens is 2. The molecule has 2 aromatic rings. The van der Waals surface area contributed by atoms with Crippen molar-refractivity contribution < 1.29 is 14.4 Å². The van der Waals surface area contributed by atoms with E-state index in [0.717, 1.165) is 49.2 Å². The summed E-state index contributed by atoms with van der Waals surface area (Å²) in [6.45, 7) is 2.27. The third-order valence-electron chi connectivity index (χ3n) is 6.87. The number of amides is 3. The van der Waals surface area contributed by atoms with Crippen molar-refractivity contribution in [1.29, 1.82) is 0 Å². The van der Waals surface area contributed by atoms with E-state index in [0.29, 0.717) is 23.7 Å². The van der Waals surface area contributed by atoms with Crippen LogP contribution >= 0.6 is 11.5 Å². The summed E-state index contributed by atoms with van der Waals surface area (Å²) in [7, 11) is 1.72. The number of anilines is 1. The van der Waals surface area contributed by atoms with E-state index < -0.39 is 18.1 Å². The Balaban J connectivity index is 1.49. The molecule has 2 heterocycles. The fourth-order valence-electron chi connectivity index (χ4n) is 4.82. The molecule has 2 aliphatic rings. The second-order valence-corrected chi connectivity index (χ2v) is 9.79. The molecule has 0 spiro atoms. The molecule has 1 aliphatic heterocycles. The van der Waals surface area contributed by atoms with Crippen LogP contribution in [0.15, 0.2) is 30.3 Å². The van der Waals surface area contributed by atoms with Gasteiger partial charge in [0.05, 0.1) is 6.04 Å². The zero-order chi connectivity index (χ0) is 24.1. The summed E-state index contributed by atoms with van der Waals surface area (Å²) in [5, 5.41) is 13.6. The van der Waals surface area contributed by atoms with E-state index in [2.05, 4.69) is 25.5 Å². The fourth-order valence-corrected chi connectivity index (χ4v) is 5.41. The van der Waals surface area contributed by atoms with Crippen LogP contribution in [-0.4, -0.2) is 63.9 Å². The van der Waals surface area contributed by atoms with Gasteiger partial charge >= 0.3 is 0 Å². The van der Waals surface area contributed by atoms with Crippen molar-refractivity contribution in [1.82, 2.24) is 25.1 Å². The number of carbonyl (C=O) groups excluding carboxylic acids is 3. The Kier molecular flexibility index (Phi) is 7.89. The Hall–Kier alpha value is -2.85. The van der Waals surface area contributed by atoms with Crippen molar-refractivity contribution in [2.45, 2.75) is 63.6 Å². The molecule has 2 fully saturated rings. The first-order chi connectivity index (χ1) is 16.5. The van der Waals surface area contributed by atoms with Crippen LogP contribution in [0, 0.1) is 5.92 Å². The average molecular weight is 485 g/mol. The lowest BCUT2D eigenvalue weighted by molar-refractivity contribution is -0.141. The number of carbonyl (C=O) groups is 3. The molecule has 3 N–H and O–H groups in total. The van der Waals surface area contributed by atoms with Crippen LogP contribution in [0.3, 0.4) is 0 Å². The molecule has 0 unspecified atom stereocenters. The zero-order valence-electron chi connectivity index (χ0n) is 19.6. The Bertz CT molecular complexity index is 1010. The SMILES string of the molecule is CN[C@@H](C)C(=O)N[C@H](C(=O)N1CCC[C@H]1C(=O)Nc1snnc1-c1ccccc1)C1CCCC1. The van der Waals surface area contributed by atoms with Gasteiger partial charge in [0, 0.05) is 23.6 Å². The number of benzene rings is 1. The predicted octanol–water partition coefficient (Wildman–Crippen LogP) is 2.42. The van der Waals surface area contributed by atoms with Crippen LogP contribution in [0.1, 0.15) is 45.4 Å². The highest BCUT2D eigenvalue weighted by Crippen LogP contribution is 2.32. The molecular formula is C24H32N6O3S. The molecule has 1 aromatic heterocycles. The molecule has 1 aliphatic carbocycles. The van der Waals surface area contributed by atoms with Gasteiger partial charge in [0.1, 0.15) is 22.8 Å². The van der Waals surface area contributed by atoms with Crippen molar-refractivity contribution in [2.75, 3.05) is 18.9 Å². The highest BCUT2D eigenvalue weighted by atomic mass is 32.1. The maximum Gasteiger partial charge on any atom is 0.247 e. The van der Waals surface area contributed by atoms with Gasteiger partial charge in [-0.1, -0.05) is 47.7 Å². The molecular weight excluding hydrogens is 452 g/mol. The molecule has 0 bridgehead atoms. The van der Waals surface area contributed by atoms with E-state index in [1.54, 1.807) is 18.9 Å². The molecule has 10 heteroatoms. The normalized spacial score (nSPS) is 20.2. The van der Waals surface area contributed by atoms with Crippen molar-refractivity contribution in [3.8, 4) is 11.3 Å². The van der Waals surface area contributed by atoms with Crippen LogP contribution in [0.5, 0.6) is 0 Å². The molecule has 1 aromatic carbocycles. The highest BCUT2D eigenvalue weighted by Gasteiger charge is 2.41. The van der Waals surface area contributed by atoms with Crippen molar-refractivity contribution in [3.05, 3.63) is 30.3 Å². The van der Waals surface area contributed by atoms with Gasteiger partial charge in [-0.3, -0.25) is 14.4 Å². The summed E-state index contributed by atoms with van der Waals surface area (Å²) >= 11 is 1.12. The van der Waals surface area contributed by atoms with Gasteiger partial charge in [-0.2, -0.15) is 0 Å². The molecule has 0 radical (unpaired) electrons. The van der Waals surface area contributed by atoms with E-state index in [1.807, 2.05) is 30.3 Å². The first kappa shape index (κ1) is 24.3. The van der Waals surface area contributed by atoms with Crippen LogP contribution in [0.2, 0.25) is 0 Å². The number of likely N-dealkylation sites (tertiary alicyclic amines) is 1. The topological polar surface area (TPSA) is 116 Å². The Morgan fingerprint density at radius 1 is 1.09 bits per heavy atom. The Morgan fingerprint density at radius 2 is 1.82 bits per heavy atom. The molecule has 34 heavy (non-hydrogen) atoms. The highest BCUT2D eigenvalue weighted by molar-refractivity contribution is 7.10. The van der Waals surface area contributed by atoms with Gasteiger partial charge in [0.2, 0.25) is 17.7 Å². The number of hydrogen-bond acceptors (Lipinski definition) is 7. The van der Waals surface area contributed by atoms with E-state index in [4.69, 9.17) is 0 Å². The van der Waals surface area contributed by atoms with Gasteiger partial charge in [-0.05, 0) is 45.6 Å². The second-order valence-electron chi connectivity index (χ2n) is 9.04. The molecule has 182 valence electrons. The van der Waals surface area contributed by atoms with Crippen LogP contribution in [0.25, 0.3) is 11.3 Å². The Labute approximate surface area is 203 Å². The van der Waals surface area contributed by atoms with E-state index in [1.165, 1.54) is 0 Å². The number of nitrogens with one attached hydrogen (secondary N) is 3. The maximum atomic E-state index is 13.7. The monoisotopic (exact) mass is 484 g/mol. The van der Waals surface area contributed by atoms with Crippen molar-refractivity contribution >= 4 is 34.3 Å². The third kappa shape index (κ3) is 5.28. The van der Waals surface area contributed by atoms with Gasteiger partial charge in [0.25, 0.3) is 0 Å². The molecule has 9 nitrogen and oxygen atoms in total. The minimum absolute atomic E-state index is 0.0974. The van der Waals surface area contributed by atoms with Gasteiger partial charge in [0.15, 0.2) is 0 Å². The average Bonchev–Trinajstić information content (AvgIpc) is 3.63. The van der Waals surface area contributed by atoms with Crippen molar-refractivity contribution in [2.24, 2.45) is 5.92 Å². The lowest BCUT2D eigenvalue weighted by Gasteiger charge is -2.32. The summed E-state index contributed by atoms with van der Waals surface area (Å²) in [5.74, 6) is -0.502. The summed E-state index contributed by atoms with van der Waals surface area (Å²) in [5.41, 5.74) is 1.49. The number of rotatable bonds is 8. The third-order valence-corrected chi connectivity index (χ3v) is 7.51. The molecule has 1 saturated heterocycles. The zero-order valence-corrected chi connectivity index (χ0v) is 20.4. The summed E-state index contributed by atoms with van der Waals surface area (Å²) in [6.07, 6.45) is 5.24. The smallest absolute Gasteiger partial charge is 0.247 e. The van der Waals surface area contributed by atoms with Gasteiger partial charge in [-0.15, -0.1) is 5.10 Å². The quantitative estimate of drug-likeness (QED) is 0.530. The van der Waals surface area contributed by atoms with Crippen LogP contribution < -0.4 is 16.0 Å². The number of hydrogen-bond donors (Lipinski definition) is 3. The first-order valence-corrected chi connectivity index (χ1v) is 12.7. The fraction of sp³-hybridized carbons (Fsp3) is 0.542.